The average Bonchev–Trinajstić information content (AvgIpc) is 3.26. The van der Waals surface area contributed by atoms with Crippen molar-refractivity contribution < 1.29 is 13.9 Å². The minimum absolute atomic E-state index is 0.0743. The van der Waals surface area contributed by atoms with Crippen LogP contribution in [0, 0.1) is 11.7 Å². The van der Waals surface area contributed by atoms with Crippen molar-refractivity contribution >= 4 is 6.03 Å². The van der Waals surface area contributed by atoms with E-state index < -0.39 is 0 Å². The van der Waals surface area contributed by atoms with Gasteiger partial charge in [-0.1, -0.05) is 18.2 Å². The number of urea groups is 1. The number of ether oxygens (including phenoxy) is 1. The number of halogens is 1. The van der Waals surface area contributed by atoms with E-state index in [1.165, 1.54) is 6.07 Å². The number of nitrogens with one attached hydrogen (secondary N) is 1. The Morgan fingerprint density at radius 1 is 1.27 bits per heavy atom. The van der Waals surface area contributed by atoms with Crippen LogP contribution < -0.4 is 5.32 Å². The predicted molar refractivity (Wildman–Crippen MR) is 97.3 cm³/mol. The zero-order chi connectivity index (χ0) is 18.0. The third-order valence-corrected chi connectivity index (χ3v) is 6.10. The molecule has 1 atom stereocenters. The highest BCUT2D eigenvalue weighted by molar-refractivity contribution is 5.74. The molecule has 1 N–H and O–H groups in total. The molecule has 2 amide bonds. The van der Waals surface area contributed by atoms with E-state index in [-0.39, 0.29) is 17.4 Å². The number of hydrogen-bond acceptors (Lipinski definition) is 3. The summed E-state index contributed by atoms with van der Waals surface area (Å²) in [4.78, 5) is 16.2. The summed E-state index contributed by atoms with van der Waals surface area (Å²) in [5.41, 5.74) is 0.652. The fourth-order valence-electron chi connectivity index (χ4n) is 4.62. The second kappa shape index (κ2) is 7.53. The van der Waals surface area contributed by atoms with Crippen LogP contribution in [0.2, 0.25) is 0 Å². The normalized spacial score (nSPS) is 24.8. The lowest BCUT2D eigenvalue weighted by Gasteiger charge is -2.50. The van der Waals surface area contributed by atoms with E-state index in [2.05, 4.69) is 10.2 Å². The summed E-state index contributed by atoms with van der Waals surface area (Å²) in [6, 6.07) is 7.05. The van der Waals surface area contributed by atoms with Gasteiger partial charge < -0.3 is 15.0 Å². The largest absolute Gasteiger partial charge is 0.372 e. The summed E-state index contributed by atoms with van der Waals surface area (Å²) in [6.07, 6.45) is 4.23. The van der Waals surface area contributed by atoms with E-state index in [9.17, 15) is 9.18 Å². The van der Waals surface area contributed by atoms with Crippen molar-refractivity contribution in [1.82, 2.24) is 15.1 Å². The number of hydrogen-bond donors (Lipinski definition) is 1. The maximum Gasteiger partial charge on any atom is 0.317 e. The highest BCUT2D eigenvalue weighted by Gasteiger charge is 2.52. The Bertz CT molecular complexity index is 642. The fourth-order valence-corrected chi connectivity index (χ4v) is 4.62. The van der Waals surface area contributed by atoms with Crippen molar-refractivity contribution in [3.05, 3.63) is 35.6 Å². The topological polar surface area (TPSA) is 44.8 Å². The van der Waals surface area contributed by atoms with Gasteiger partial charge >= 0.3 is 6.03 Å². The number of nitrogens with zero attached hydrogens (tertiary/aromatic N) is 2. The molecule has 3 aliphatic heterocycles. The molecule has 1 spiro atoms. The summed E-state index contributed by atoms with van der Waals surface area (Å²) < 4.78 is 19.9. The van der Waals surface area contributed by atoms with Crippen molar-refractivity contribution in [2.24, 2.45) is 5.92 Å². The molecule has 6 heteroatoms. The molecule has 0 aromatic heterocycles. The zero-order valence-electron chi connectivity index (χ0n) is 15.3. The van der Waals surface area contributed by atoms with Crippen molar-refractivity contribution in [3.8, 4) is 0 Å². The Balaban J connectivity index is 1.24. The maximum absolute atomic E-state index is 13.8. The van der Waals surface area contributed by atoms with Gasteiger partial charge in [0.1, 0.15) is 5.82 Å². The molecule has 3 fully saturated rings. The van der Waals surface area contributed by atoms with Crippen LogP contribution in [0.4, 0.5) is 9.18 Å². The molecule has 142 valence electrons. The highest BCUT2D eigenvalue weighted by atomic mass is 19.1. The van der Waals surface area contributed by atoms with Crippen LogP contribution >= 0.6 is 0 Å². The van der Waals surface area contributed by atoms with Gasteiger partial charge in [-0.05, 0) is 37.7 Å². The monoisotopic (exact) mass is 361 g/mol. The summed E-state index contributed by atoms with van der Waals surface area (Å²) >= 11 is 0. The van der Waals surface area contributed by atoms with E-state index in [1.54, 1.807) is 6.07 Å². The molecule has 5 nitrogen and oxygen atoms in total. The Kier molecular flexibility index (Phi) is 5.14. The molecule has 3 aliphatic rings. The second-order valence-electron chi connectivity index (χ2n) is 7.85. The summed E-state index contributed by atoms with van der Waals surface area (Å²) in [5.74, 6) is 0.334. The lowest BCUT2D eigenvalue weighted by atomic mass is 9.78. The van der Waals surface area contributed by atoms with Crippen molar-refractivity contribution in [3.63, 3.8) is 0 Å². The molecule has 1 aromatic carbocycles. The number of carbonyl (C=O) groups is 1. The van der Waals surface area contributed by atoms with Crippen LogP contribution in [0.15, 0.2) is 24.3 Å². The molecular formula is C20H28FN3O2. The third-order valence-electron chi connectivity index (χ3n) is 6.10. The molecule has 1 aromatic rings. The summed E-state index contributed by atoms with van der Waals surface area (Å²) in [6.45, 7) is 5.60. The van der Waals surface area contributed by atoms with E-state index in [1.807, 2.05) is 17.0 Å². The van der Waals surface area contributed by atoms with Gasteiger partial charge in [-0.25, -0.2) is 9.18 Å². The predicted octanol–water partition coefficient (Wildman–Crippen LogP) is 2.61. The van der Waals surface area contributed by atoms with E-state index in [0.717, 1.165) is 64.0 Å². The number of rotatable bonds is 5. The fraction of sp³-hybridized carbons (Fsp3) is 0.650. The molecule has 3 saturated heterocycles. The second-order valence-corrected chi connectivity index (χ2v) is 7.85. The molecule has 0 radical (unpaired) electrons. The first-order valence-electron chi connectivity index (χ1n) is 9.79. The quantitative estimate of drug-likeness (QED) is 0.877. The molecule has 0 bridgehead atoms. The number of amides is 2. The number of likely N-dealkylation sites (tertiary alicyclic amines) is 2. The minimum atomic E-state index is -0.137. The third kappa shape index (κ3) is 3.58. The Hall–Kier alpha value is -1.66. The summed E-state index contributed by atoms with van der Waals surface area (Å²) in [7, 11) is 0. The van der Waals surface area contributed by atoms with Crippen LogP contribution in [0.1, 0.15) is 31.2 Å². The van der Waals surface area contributed by atoms with Gasteiger partial charge in [0.05, 0.1) is 5.60 Å². The van der Waals surface area contributed by atoms with Crippen molar-refractivity contribution in [2.75, 3.05) is 39.3 Å². The first-order chi connectivity index (χ1) is 12.7. The molecule has 1 unspecified atom stereocenters. The molecule has 0 aliphatic carbocycles. The van der Waals surface area contributed by atoms with Crippen LogP contribution in [0.5, 0.6) is 0 Å². The SMILES string of the molecule is O=C(NCCC1CCOC12CN(Cc1ccccc1F)C2)N1CCCC1. The molecule has 0 saturated carbocycles. The van der Waals surface area contributed by atoms with E-state index >= 15 is 0 Å². The van der Waals surface area contributed by atoms with Gasteiger partial charge in [-0.15, -0.1) is 0 Å². The van der Waals surface area contributed by atoms with Crippen molar-refractivity contribution in [2.45, 2.75) is 37.8 Å². The van der Waals surface area contributed by atoms with Crippen LogP contribution in [0.25, 0.3) is 0 Å². The maximum atomic E-state index is 13.8. The summed E-state index contributed by atoms with van der Waals surface area (Å²) in [5, 5.41) is 3.06. The first-order valence-corrected chi connectivity index (χ1v) is 9.79. The van der Waals surface area contributed by atoms with Crippen LogP contribution in [-0.2, 0) is 11.3 Å². The standard InChI is InChI=1S/C20H28FN3O2/c21-18-6-2-1-5-16(18)13-23-14-20(15-23)17(8-12-26-20)7-9-22-19(25)24-10-3-4-11-24/h1-2,5-6,17H,3-4,7-15H2,(H,22,25). The first kappa shape index (κ1) is 17.7. The van der Waals surface area contributed by atoms with Gasteiger partial charge in [-0.2, -0.15) is 0 Å². The smallest absolute Gasteiger partial charge is 0.317 e. The van der Waals surface area contributed by atoms with Crippen LogP contribution in [0.3, 0.4) is 0 Å². The minimum Gasteiger partial charge on any atom is -0.372 e. The number of benzene rings is 1. The van der Waals surface area contributed by atoms with Gasteiger partial charge in [0, 0.05) is 51.4 Å². The van der Waals surface area contributed by atoms with Crippen molar-refractivity contribution in [1.29, 1.82) is 0 Å². The van der Waals surface area contributed by atoms with Gasteiger partial charge in [0.15, 0.2) is 0 Å². The lowest BCUT2D eigenvalue weighted by Crippen LogP contribution is -2.64. The molecular weight excluding hydrogens is 333 g/mol. The molecule has 4 rings (SSSR count). The Morgan fingerprint density at radius 3 is 2.81 bits per heavy atom. The molecule has 3 heterocycles. The molecule has 26 heavy (non-hydrogen) atoms. The lowest BCUT2D eigenvalue weighted by molar-refractivity contribution is -0.137. The number of carbonyl (C=O) groups excluding carboxylic acids is 1. The van der Waals surface area contributed by atoms with Gasteiger partial charge in [0.2, 0.25) is 0 Å². The Labute approximate surface area is 154 Å². The zero-order valence-corrected chi connectivity index (χ0v) is 15.3. The van der Waals surface area contributed by atoms with Gasteiger partial charge in [-0.3, -0.25) is 4.90 Å². The highest BCUT2D eigenvalue weighted by Crippen LogP contribution is 2.42. The Morgan fingerprint density at radius 2 is 2.04 bits per heavy atom. The van der Waals surface area contributed by atoms with Gasteiger partial charge in [0.25, 0.3) is 0 Å². The van der Waals surface area contributed by atoms with E-state index in [0.29, 0.717) is 19.0 Å². The van der Waals surface area contributed by atoms with Crippen LogP contribution in [-0.4, -0.2) is 60.8 Å². The van der Waals surface area contributed by atoms with E-state index in [4.69, 9.17) is 4.74 Å². The average molecular weight is 361 g/mol.